The summed E-state index contributed by atoms with van der Waals surface area (Å²) in [5.41, 5.74) is 4.39. The van der Waals surface area contributed by atoms with Crippen molar-refractivity contribution in [1.82, 2.24) is 14.8 Å². The molecule has 0 unspecified atom stereocenters. The third kappa shape index (κ3) is 5.76. The highest BCUT2D eigenvalue weighted by atomic mass is 35.5. The Kier molecular flexibility index (Phi) is 7.96. The summed E-state index contributed by atoms with van der Waals surface area (Å²) in [5, 5.41) is 3.37. The number of hydrogen-bond donors (Lipinski definition) is 2. The number of nitrogens with one attached hydrogen (secondary N) is 2. The first-order valence-electron chi connectivity index (χ1n) is 14.5. The molecule has 2 amide bonds. The number of rotatable bonds is 8. The number of likely N-dealkylation sites (tertiary alicyclic amines) is 1. The van der Waals surface area contributed by atoms with Gasteiger partial charge in [0.1, 0.15) is 0 Å². The Hall–Kier alpha value is -3.11. The van der Waals surface area contributed by atoms with Crippen LogP contribution < -0.4 is 5.32 Å². The average Bonchev–Trinajstić information content (AvgIpc) is 3.55. The fourth-order valence-electron chi connectivity index (χ4n) is 6.26. The molecule has 3 aromatic rings. The molecule has 8 nitrogen and oxygen atoms in total. The van der Waals surface area contributed by atoms with Crippen LogP contribution in [0.2, 0.25) is 10.0 Å². The zero-order valence-corrected chi connectivity index (χ0v) is 26.7. The van der Waals surface area contributed by atoms with E-state index in [-0.39, 0.29) is 38.5 Å². The van der Waals surface area contributed by atoms with Crippen LogP contribution in [0.25, 0.3) is 11.6 Å². The first kappa shape index (κ1) is 29.9. The normalized spacial score (nSPS) is 19.4. The van der Waals surface area contributed by atoms with Crippen LogP contribution in [0.15, 0.2) is 41.3 Å². The molecule has 43 heavy (non-hydrogen) atoms. The minimum atomic E-state index is -3.84. The van der Waals surface area contributed by atoms with E-state index in [4.69, 9.17) is 23.2 Å². The van der Waals surface area contributed by atoms with E-state index in [0.29, 0.717) is 39.7 Å². The van der Waals surface area contributed by atoms with E-state index >= 15 is 0 Å². The predicted octanol–water partition coefficient (Wildman–Crippen LogP) is 6.10. The Bertz CT molecular complexity index is 1760. The topological polar surface area (TPSA) is 103 Å². The molecule has 0 radical (unpaired) electrons. The van der Waals surface area contributed by atoms with Gasteiger partial charge in [-0.3, -0.25) is 9.59 Å². The Morgan fingerprint density at radius 2 is 1.84 bits per heavy atom. The number of halogens is 2. The quantitative estimate of drug-likeness (QED) is 0.290. The van der Waals surface area contributed by atoms with Crippen molar-refractivity contribution in [3.05, 3.63) is 80.1 Å². The molecule has 2 aliphatic heterocycles. The van der Waals surface area contributed by atoms with Crippen LogP contribution in [-0.4, -0.2) is 67.2 Å². The number of sulfone groups is 1. The standard InChI is InChI=1S/C32H34Cl2N4O4S/c1-18-29(35-19(2)30(18)32(40)38-13-5-6-21(38)16-37(3)20-9-10-20)15-24-23-14-22(11-12-28(23)36-31(24)39)43(41,42)17-25-26(33)7-4-8-27(25)34/h4,7-8,11-12,14-15,20-21,35H,5-6,9-10,13,16-17H2,1-3H3,(H,36,39)/t21-/m1/s1. The molecule has 1 saturated heterocycles. The second-order valence-electron chi connectivity index (χ2n) is 11.8. The van der Waals surface area contributed by atoms with E-state index in [9.17, 15) is 18.0 Å². The van der Waals surface area contributed by atoms with Crippen LogP contribution >= 0.6 is 23.2 Å². The number of H-pyrrole nitrogens is 1. The Morgan fingerprint density at radius 1 is 1.12 bits per heavy atom. The number of nitrogens with zero attached hydrogens (tertiary/aromatic N) is 2. The Morgan fingerprint density at radius 3 is 2.53 bits per heavy atom. The first-order chi connectivity index (χ1) is 20.4. The molecule has 3 aliphatic rings. The van der Waals surface area contributed by atoms with E-state index < -0.39 is 9.84 Å². The molecular weight excluding hydrogens is 607 g/mol. The molecule has 1 aliphatic carbocycles. The van der Waals surface area contributed by atoms with Gasteiger partial charge in [-0.25, -0.2) is 8.42 Å². The number of fused-ring (bicyclic) bond motifs is 1. The number of aryl methyl sites for hydroxylation is 1. The first-order valence-corrected chi connectivity index (χ1v) is 16.9. The van der Waals surface area contributed by atoms with E-state index in [0.717, 1.165) is 37.2 Å². The van der Waals surface area contributed by atoms with Crippen LogP contribution in [0, 0.1) is 13.8 Å². The summed E-state index contributed by atoms with van der Waals surface area (Å²) < 4.78 is 26.8. The fraction of sp³-hybridized carbons (Fsp3) is 0.375. The van der Waals surface area contributed by atoms with Crippen LogP contribution in [0.1, 0.15) is 64.1 Å². The van der Waals surface area contributed by atoms with Gasteiger partial charge in [0.25, 0.3) is 11.8 Å². The Balaban J connectivity index is 1.29. The van der Waals surface area contributed by atoms with Crippen molar-refractivity contribution in [3.8, 4) is 0 Å². The van der Waals surface area contributed by atoms with Gasteiger partial charge in [-0.05, 0) is 88.5 Å². The summed E-state index contributed by atoms with van der Waals surface area (Å²) in [6, 6.07) is 10.2. The Labute approximate surface area is 262 Å². The summed E-state index contributed by atoms with van der Waals surface area (Å²) in [6.45, 7) is 5.36. The van der Waals surface area contributed by atoms with Crippen molar-refractivity contribution in [2.24, 2.45) is 0 Å². The lowest BCUT2D eigenvalue weighted by Gasteiger charge is -2.29. The highest BCUT2D eigenvalue weighted by Crippen LogP contribution is 2.37. The number of hydrogen-bond acceptors (Lipinski definition) is 5. The van der Waals surface area contributed by atoms with Crippen LogP contribution in [0.5, 0.6) is 0 Å². The van der Waals surface area contributed by atoms with Crippen molar-refractivity contribution in [2.45, 2.75) is 62.3 Å². The van der Waals surface area contributed by atoms with Gasteiger partial charge in [0.2, 0.25) is 0 Å². The molecular formula is C32H34Cl2N4O4S. The van der Waals surface area contributed by atoms with Crippen LogP contribution in [0.4, 0.5) is 5.69 Å². The maximum Gasteiger partial charge on any atom is 0.256 e. The van der Waals surface area contributed by atoms with E-state index in [2.05, 4.69) is 22.2 Å². The molecule has 2 aromatic carbocycles. The summed E-state index contributed by atoms with van der Waals surface area (Å²) >= 11 is 12.5. The molecule has 0 bridgehead atoms. The zero-order chi connectivity index (χ0) is 30.6. The molecule has 1 aromatic heterocycles. The number of amides is 2. The van der Waals surface area contributed by atoms with Gasteiger partial charge in [-0.15, -0.1) is 0 Å². The molecule has 2 N–H and O–H groups in total. The van der Waals surface area contributed by atoms with Crippen molar-refractivity contribution in [3.63, 3.8) is 0 Å². The molecule has 3 heterocycles. The number of carbonyl (C=O) groups excluding carboxylic acids is 2. The van der Waals surface area contributed by atoms with Gasteiger partial charge in [-0.1, -0.05) is 29.3 Å². The summed E-state index contributed by atoms with van der Waals surface area (Å²) in [5.74, 6) is -0.717. The summed E-state index contributed by atoms with van der Waals surface area (Å²) in [7, 11) is -1.70. The summed E-state index contributed by atoms with van der Waals surface area (Å²) in [4.78, 5) is 34.6. The van der Waals surface area contributed by atoms with Crippen LogP contribution in [0.3, 0.4) is 0 Å². The van der Waals surface area contributed by atoms with Gasteiger partial charge in [-0.2, -0.15) is 0 Å². The maximum atomic E-state index is 13.8. The molecule has 11 heteroatoms. The maximum absolute atomic E-state index is 13.8. The molecule has 0 spiro atoms. The number of likely N-dealkylation sites (N-methyl/N-ethyl adjacent to an activating group) is 1. The molecule has 226 valence electrons. The third-order valence-electron chi connectivity index (χ3n) is 8.81. The number of benzene rings is 2. The predicted molar refractivity (Wildman–Crippen MR) is 170 cm³/mol. The third-order valence-corrected chi connectivity index (χ3v) is 11.2. The number of carbonyl (C=O) groups is 2. The van der Waals surface area contributed by atoms with Gasteiger partial charge < -0.3 is 20.1 Å². The number of aromatic amines is 1. The average molecular weight is 642 g/mol. The minimum Gasteiger partial charge on any atom is -0.358 e. The van der Waals surface area contributed by atoms with Gasteiger partial charge in [0, 0.05) is 63.4 Å². The molecule has 1 atom stereocenters. The lowest BCUT2D eigenvalue weighted by Crippen LogP contribution is -2.43. The van der Waals surface area contributed by atoms with Gasteiger partial charge in [0.05, 0.1) is 21.8 Å². The second-order valence-corrected chi connectivity index (χ2v) is 14.6. The molecule has 2 fully saturated rings. The summed E-state index contributed by atoms with van der Waals surface area (Å²) in [6.07, 6.45) is 6.13. The van der Waals surface area contributed by atoms with E-state index in [1.807, 2.05) is 18.7 Å². The molecule has 6 rings (SSSR count). The lowest BCUT2D eigenvalue weighted by molar-refractivity contribution is -0.110. The minimum absolute atomic E-state index is 0.00508. The zero-order valence-electron chi connectivity index (χ0n) is 24.3. The van der Waals surface area contributed by atoms with Crippen molar-refractivity contribution >= 4 is 62.2 Å². The highest BCUT2D eigenvalue weighted by Gasteiger charge is 2.36. The van der Waals surface area contributed by atoms with Crippen molar-refractivity contribution in [1.29, 1.82) is 0 Å². The lowest BCUT2D eigenvalue weighted by atomic mass is 10.0. The molecule has 1 saturated carbocycles. The number of anilines is 1. The number of aromatic nitrogens is 1. The van der Waals surface area contributed by atoms with Gasteiger partial charge in [0.15, 0.2) is 9.84 Å². The highest BCUT2D eigenvalue weighted by molar-refractivity contribution is 7.90. The van der Waals surface area contributed by atoms with E-state index in [1.54, 1.807) is 30.3 Å². The van der Waals surface area contributed by atoms with Gasteiger partial charge >= 0.3 is 0 Å². The smallest absolute Gasteiger partial charge is 0.256 e. The van der Waals surface area contributed by atoms with Crippen molar-refractivity contribution in [2.75, 3.05) is 25.5 Å². The fourth-order valence-corrected chi connectivity index (χ4v) is 8.38. The SMILES string of the molecule is Cc1[nH]c(C=C2C(=O)Nc3ccc(S(=O)(=O)Cc4c(Cl)cccc4Cl)cc32)c(C)c1C(=O)N1CCC[C@@H]1CN(C)C1CC1. The van der Waals surface area contributed by atoms with Crippen molar-refractivity contribution < 1.29 is 18.0 Å². The monoisotopic (exact) mass is 640 g/mol. The van der Waals surface area contributed by atoms with Crippen LogP contribution in [-0.2, 0) is 20.4 Å². The second kappa shape index (κ2) is 11.4. The van der Waals surface area contributed by atoms with E-state index in [1.165, 1.54) is 25.0 Å². The largest absolute Gasteiger partial charge is 0.358 e.